The first-order chi connectivity index (χ1) is 6.33. The molecule has 0 aromatic carbocycles. The van der Waals surface area contributed by atoms with Crippen molar-refractivity contribution in [3.63, 3.8) is 0 Å². The summed E-state index contributed by atoms with van der Waals surface area (Å²) in [6.07, 6.45) is 4.02. The van der Waals surface area contributed by atoms with Crippen LogP contribution in [0.5, 0.6) is 0 Å². The fourth-order valence-electron chi connectivity index (χ4n) is 1.31. The maximum absolute atomic E-state index is 4.32. The van der Waals surface area contributed by atoms with E-state index in [4.69, 9.17) is 0 Å². The van der Waals surface area contributed by atoms with Crippen molar-refractivity contribution < 1.29 is 0 Å². The predicted molar refractivity (Wildman–Crippen MR) is 60.1 cm³/mol. The molecule has 2 aromatic heterocycles. The molecule has 0 spiro atoms. The Morgan fingerprint density at radius 1 is 1.54 bits per heavy atom. The van der Waals surface area contributed by atoms with Crippen LogP contribution >= 0.6 is 27.7 Å². The van der Waals surface area contributed by atoms with E-state index in [1.807, 2.05) is 24.4 Å². The Bertz CT molecular complexity index is 424. The highest BCUT2D eigenvalue weighted by atomic mass is 79.9. The molecule has 0 radical (unpaired) electrons. The third-order valence-corrected chi connectivity index (χ3v) is 3.05. The Kier molecular flexibility index (Phi) is 2.60. The van der Waals surface area contributed by atoms with E-state index in [1.165, 1.54) is 5.69 Å². The molecule has 4 heteroatoms. The molecule has 2 aromatic rings. The number of hydrogen-bond acceptors (Lipinski definition) is 2. The van der Waals surface area contributed by atoms with Gasteiger partial charge in [0.05, 0.1) is 16.5 Å². The van der Waals surface area contributed by atoms with Crippen molar-refractivity contribution in [2.45, 2.75) is 5.75 Å². The standard InChI is InChI=1S/C9H9BrN2S/c1-13-6-7-5-11-9-4-2-3-8(10)12(7)9/h2-5H,6H2,1H3. The highest BCUT2D eigenvalue weighted by molar-refractivity contribution is 9.10. The molecule has 0 aliphatic rings. The van der Waals surface area contributed by atoms with E-state index in [0.717, 1.165) is 16.0 Å². The van der Waals surface area contributed by atoms with Crippen LogP contribution in [0.3, 0.4) is 0 Å². The third-order valence-electron chi connectivity index (χ3n) is 1.85. The second kappa shape index (κ2) is 3.72. The maximum Gasteiger partial charge on any atom is 0.137 e. The quantitative estimate of drug-likeness (QED) is 0.769. The van der Waals surface area contributed by atoms with Gasteiger partial charge >= 0.3 is 0 Å². The lowest BCUT2D eigenvalue weighted by Crippen LogP contribution is -1.91. The molecule has 2 heterocycles. The number of imidazole rings is 1. The molecule has 13 heavy (non-hydrogen) atoms. The maximum atomic E-state index is 4.32. The van der Waals surface area contributed by atoms with Crippen molar-refractivity contribution in [1.29, 1.82) is 0 Å². The molecule has 0 N–H and O–H groups in total. The van der Waals surface area contributed by atoms with E-state index in [0.29, 0.717) is 0 Å². The van der Waals surface area contributed by atoms with E-state index in [9.17, 15) is 0 Å². The number of nitrogens with zero attached hydrogens (tertiary/aromatic N) is 2. The van der Waals surface area contributed by atoms with Gasteiger partial charge in [-0.05, 0) is 34.3 Å². The summed E-state index contributed by atoms with van der Waals surface area (Å²) in [6.45, 7) is 0. The van der Waals surface area contributed by atoms with Gasteiger partial charge in [-0.2, -0.15) is 11.8 Å². The van der Waals surface area contributed by atoms with Crippen LogP contribution in [-0.4, -0.2) is 15.6 Å². The largest absolute Gasteiger partial charge is 0.290 e. The Hall–Kier alpha value is -0.480. The monoisotopic (exact) mass is 256 g/mol. The number of halogens is 1. The summed E-state index contributed by atoms with van der Waals surface area (Å²) in [7, 11) is 0. The number of thioether (sulfide) groups is 1. The molecule has 0 amide bonds. The third kappa shape index (κ3) is 1.60. The second-order valence-electron chi connectivity index (χ2n) is 2.72. The number of aromatic nitrogens is 2. The fourth-order valence-corrected chi connectivity index (χ4v) is 2.37. The van der Waals surface area contributed by atoms with Crippen LogP contribution < -0.4 is 0 Å². The van der Waals surface area contributed by atoms with Gasteiger partial charge in [0.2, 0.25) is 0 Å². The van der Waals surface area contributed by atoms with Crippen molar-refractivity contribution in [1.82, 2.24) is 9.38 Å². The van der Waals surface area contributed by atoms with Gasteiger partial charge in [0.1, 0.15) is 5.65 Å². The van der Waals surface area contributed by atoms with E-state index < -0.39 is 0 Å². The summed E-state index contributed by atoms with van der Waals surface area (Å²) in [4.78, 5) is 4.32. The highest BCUT2D eigenvalue weighted by Gasteiger charge is 2.03. The van der Waals surface area contributed by atoms with Gasteiger partial charge < -0.3 is 0 Å². The minimum atomic E-state index is 0.990. The molecule has 0 bridgehead atoms. The average molecular weight is 257 g/mol. The lowest BCUT2D eigenvalue weighted by atomic mass is 10.4. The van der Waals surface area contributed by atoms with Crippen LogP contribution in [0.2, 0.25) is 0 Å². The van der Waals surface area contributed by atoms with Crippen molar-refractivity contribution in [2.75, 3.05) is 6.26 Å². The molecule has 0 unspecified atom stereocenters. The summed E-state index contributed by atoms with van der Waals surface area (Å²) < 4.78 is 3.18. The van der Waals surface area contributed by atoms with Crippen LogP contribution in [0, 0.1) is 0 Å². The number of pyridine rings is 1. The SMILES string of the molecule is CSCc1cnc2cccc(Br)n12. The molecule has 0 atom stereocenters. The molecule has 0 aliphatic heterocycles. The molecular formula is C9H9BrN2S. The highest BCUT2D eigenvalue weighted by Crippen LogP contribution is 2.18. The van der Waals surface area contributed by atoms with Gasteiger partial charge in [-0.1, -0.05) is 6.07 Å². The number of rotatable bonds is 2. The molecular weight excluding hydrogens is 248 g/mol. The molecule has 68 valence electrons. The lowest BCUT2D eigenvalue weighted by molar-refractivity contribution is 1.06. The topological polar surface area (TPSA) is 17.3 Å². The summed E-state index contributed by atoms with van der Waals surface area (Å²) in [5, 5.41) is 0. The average Bonchev–Trinajstić information content (AvgIpc) is 2.51. The van der Waals surface area contributed by atoms with Crippen molar-refractivity contribution in [3.05, 3.63) is 34.7 Å². The summed E-state index contributed by atoms with van der Waals surface area (Å²) in [6, 6.07) is 6.03. The molecule has 0 saturated heterocycles. The Labute approximate surface area is 89.5 Å². The molecule has 0 fully saturated rings. The van der Waals surface area contributed by atoms with E-state index >= 15 is 0 Å². The minimum absolute atomic E-state index is 0.990. The van der Waals surface area contributed by atoms with Gasteiger partial charge in [-0.25, -0.2) is 4.98 Å². The first-order valence-electron chi connectivity index (χ1n) is 3.92. The lowest BCUT2D eigenvalue weighted by Gasteiger charge is -2.01. The van der Waals surface area contributed by atoms with Gasteiger partial charge in [0.25, 0.3) is 0 Å². The van der Waals surface area contributed by atoms with Crippen LogP contribution in [0.1, 0.15) is 5.69 Å². The van der Waals surface area contributed by atoms with Gasteiger partial charge in [0, 0.05) is 5.75 Å². The molecule has 2 nitrogen and oxygen atoms in total. The zero-order chi connectivity index (χ0) is 9.26. The van der Waals surface area contributed by atoms with E-state index in [-0.39, 0.29) is 0 Å². The predicted octanol–water partition coefficient (Wildman–Crippen LogP) is 2.96. The van der Waals surface area contributed by atoms with Crippen LogP contribution in [0.15, 0.2) is 29.0 Å². The van der Waals surface area contributed by atoms with Crippen molar-refractivity contribution in [3.8, 4) is 0 Å². The first-order valence-corrected chi connectivity index (χ1v) is 6.11. The van der Waals surface area contributed by atoms with Crippen molar-refractivity contribution in [2.24, 2.45) is 0 Å². The summed E-state index contributed by atoms with van der Waals surface area (Å²) in [5.74, 6) is 0.990. The molecule has 2 rings (SSSR count). The van der Waals surface area contributed by atoms with Crippen LogP contribution in [0.25, 0.3) is 5.65 Å². The van der Waals surface area contributed by atoms with Crippen LogP contribution in [0.4, 0.5) is 0 Å². The Balaban J connectivity index is 2.64. The van der Waals surface area contributed by atoms with Gasteiger partial charge in [0.15, 0.2) is 0 Å². The van der Waals surface area contributed by atoms with Gasteiger partial charge in [-0.15, -0.1) is 0 Å². The number of hydrogen-bond donors (Lipinski definition) is 0. The zero-order valence-corrected chi connectivity index (χ0v) is 9.60. The Morgan fingerprint density at radius 3 is 3.15 bits per heavy atom. The number of fused-ring (bicyclic) bond motifs is 1. The first kappa shape index (κ1) is 9.09. The molecule has 0 saturated carbocycles. The minimum Gasteiger partial charge on any atom is -0.290 e. The summed E-state index contributed by atoms with van der Waals surface area (Å²) in [5.41, 5.74) is 2.23. The summed E-state index contributed by atoms with van der Waals surface area (Å²) >= 11 is 5.31. The smallest absolute Gasteiger partial charge is 0.137 e. The van der Waals surface area contributed by atoms with Gasteiger partial charge in [-0.3, -0.25) is 4.40 Å². The Morgan fingerprint density at radius 2 is 2.38 bits per heavy atom. The second-order valence-corrected chi connectivity index (χ2v) is 4.40. The van der Waals surface area contributed by atoms with Crippen LogP contribution in [-0.2, 0) is 5.75 Å². The zero-order valence-electron chi connectivity index (χ0n) is 7.20. The van der Waals surface area contributed by atoms with Crippen molar-refractivity contribution >= 4 is 33.3 Å². The normalized spacial score (nSPS) is 10.9. The van der Waals surface area contributed by atoms with E-state index in [1.54, 1.807) is 11.8 Å². The fraction of sp³-hybridized carbons (Fsp3) is 0.222. The molecule has 0 aliphatic carbocycles. The van der Waals surface area contributed by atoms with E-state index in [2.05, 4.69) is 31.6 Å².